The van der Waals surface area contributed by atoms with Gasteiger partial charge in [-0.05, 0) is 74.6 Å². The molecule has 1 aromatic carbocycles. The summed E-state index contributed by atoms with van der Waals surface area (Å²) < 4.78 is 14.0. The number of hydrogen-bond donors (Lipinski definition) is 1. The molecule has 0 unspecified atom stereocenters. The topological polar surface area (TPSA) is 12.0 Å². The second-order valence-corrected chi connectivity index (χ2v) is 6.70. The van der Waals surface area contributed by atoms with Crippen molar-refractivity contribution in [1.29, 1.82) is 0 Å². The molecule has 19 heavy (non-hydrogen) atoms. The maximum absolute atomic E-state index is 13.4. The Bertz CT molecular complexity index is 447. The molecule has 0 aromatic heterocycles. The number of benzene rings is 1. The molecule has 106 valence electrons. The van der Waals surface area contributed by atoms with Crippen molar-refractivity contribution >= 4 is 15.9 Å². The van der Waals surface area contributed by atoms with Crippen LogP contribution < -0.4 is 5.32 Å². The lowest BCUT2D eigenvalue weighted by Gasteiger charge is -2.19. The average Bonchev–Trinajstić information content (AvgIpc) is 2.29. The Morgan fingerprint density at radius 3 is 2.68 bits per heavy atom. The van der Waals surface area contributed by atoms with Crippen LogP contribution in [0.1, 0.15) is 39.7 Å². The van der Waals surface area contributed by atoms with E-state index in [1.165, 1.54) is 11.6 Å². The first-order valence-corrected chi connectivity index (χ1v) is 7.42. The minimum absolute atomic E-state index is 0.160. The standard InChI is InChI=1S/C16H23BrFN/c1-12(7-6-10-19-16(2,3)4)11-13-8-5-9-14(18)15(13)17/h5,7-9,19H,6,10-11H2,1-4H3/b12-7-. The van der Waals surface area contributed by atoms with Gasteiger partial charge in [-0.1, -0.05) is 23.8 Å². The minimum atomic E-state index is -0.195. The Labute approximate surface area is 124 Å². The average molecular weight is 328 g/mol. The molecular weight excluding hydrogens is 305 g/mol. The molecule has 0 aliphatic heterocycles. The second kappa shape index (κ2) is 7.20. The molecule has 0 heterocycles. The number of nitrogens with one attached hydrogen (secondary N) is 1. The van der Waals surface area contributed by atoms with Crippen LogP contribution in [0.15, 0.2) is 34.3 Å². The van der Waals surface area contributed by atoms with Gasteiger partial charge in [0.15, 0.2) is 0 Å². The van der Waals surface area contributed by atoms with Crippen molar-refractivity contribution in [2.24, 2.45) is 0 Å². The van der Waals surface area contributed by atoms with E-state index in [-0.39, 0.29) is 11.4 Å². The van der Waals surface area contributed by atoms with E-state index in [0.717, 1.165) is 24.9 Å². The van der Waals surface area contributed by atoms with Gasteiger partial charge in [0.2, 0.25) is 0 Å². The first-order chi connectivity index (χ1) is 8.79. The van der Waals surface area contributed by atoms with Crippen LogP contribution in [0.3, 0.4) is 0 Å². The third-order valence-electron chi connectivity index (χ3n) is 2.79. The highest BCUT2D eigenvalue weighted by molar-refractivity contribution is 9.10. The molecule has 0 aliphatic rings. The predicted molar refractivity (Wildman–Crippen MR) is 83.9 cm³/mol. The van der Waals surface area contributed by atoms with Gasteiger partial charge in [-0.25, -0.2) is 4.39 Å². The van der Waals surface area contributed by atoms with Gasteiger partial charge in [-0.15, -0.1) is 0 Å². The zero-order valence-corrected chi connectivity index (χ0v) is 13.8. The first-order valence-electron chi connectivity index (χ1n) is 6.63. The van der Waals surface area contributed by atoms with Gasteiger partial charge < -0.3 is 5.32 Å². The van der Waals surface area contributed by atoms with E-state index in [1.54, 1.807) is 6.07 Å². The van der Waals surface area contributed by atoms with Crippen LogP contribution in [0.2, 0.25) is 0 Å². The molecule has 0 bridgehead atoms. The van der Waals surface area contributed by atoms with E-state index in [9.17, 15) is 4.39 Å². The fourth-order valence-corrected chi connectivity index (χ4v) is 2.23. The number of rotatable bonds is 5. The smallest absolute Gasteiger partial charge is 0.137 e. The summed E-state index contributed by atoms with van der Waals surface area (Å²) in [5, 5.41) is 3.45. The van der Waals surface area contributed by atoms with Crippen molar-refractivity contribution in [1.82, 2.24) is 5.32 Å². The minimum Gasteiger partial charge on any atom is -0.312 e. The van der Waals surface area contributed by atoms with Crippen LogP contribution >= 0.6 is 15.9 Å². The molecule has 1 N–H and O–H groups in total. The fraction of sp³-hybridized carbons (Fsp3) is 0.500. The van der Waals surface area contributed by atoms with Crippen LogP contribution in [0.25, 0.3) is 0 Å². The van der Waals surface area contributed by atoms with Gasteiger partial charge in [-0.3, -0.25) is 0 Å². The Morgan fingerprint density at radius 2 is 2.05 bits per heavy atom. The Morgan fingerprint density at radius 1 is 1.37 bits per heavy atom. The third kappa shape index (κ3) is 6.35. The lowest BCUT2D eigenvalue weighted by Crippen LogP contribution is -2.36. The van der Waals surface area contributed by atoms with Crippen LogP contribution in [0.5, 0.6) is 0 Å². The van der Waals surface area contributed by atoms with E-state index in [0.29, 0.717) is 4.47 Å². The summed E-state index contributed by atoms with van der Waals surface area (Å²) >= 11 is 3.30. The number of allylic oxidation sites excluding steroid dienone is 1. The van der Waals surface area contributed by atoms with Crippen LogP contribution in [-0.4, -0.2) is 12.1 Å². The lowest BCUT2D eigenvalue weighted by molar-refractivity contribution is 0.431. The quantitative estimate of drug-likeness (QED) is 0.601. The van der Waals surface area contributed by atoms with Gasteiger partial charge in [0.05, 0.1) is 4.47 Å². The van der Waals surface area contributed by atoms with Crippen molar-refractivity contribution < 1.29 is 4.39 Å². The van der Waals surface area contributed by atoms with Gasteiger partial charge in [-0.2, -0.15) is 0 Å². The van der Waals surface area contributed by atoms with Gasteiger partial charge >= 0.3 is 0 Å². The molecule has 0 radical (unpaired) electrons. The largest absolute Gasteiger partial charge is 0.312 e. The molecule has 0 spiro atoms. The lowest BCUT2D eigenvalue weighted by atomic mass is 10.0. The summed E-state index contributed by atoms with van der Waals surface area (Å²) in [6.45, 7) is 9.54. The molecule has 0 saturated heterocycles. The highest BCUT2D eigenvalue weighted by atomic mass is 79.9. The monoisotopic (exact) mass is 327 g/mol. The van der Waals surface area contributed by atoms with Crippen LogP contribution in [-0.2, 0) is 6.42 Å². The summed E-state index contributed by atoms with van der Waals surface area (Å²) in [5.41, 5.74) is 2.42. The number of halogens is 2. The predicted octanol–water partition coefficient (Wildman–Crippen LogP) is 4.86. The fourth-order valence-electron chi connectivity index (χ4n) is 1.82. The zero-order chi connectivity index (χ0) is 14.5. The van der Waals surface area contributed by atoms with Crippen LogP contribution in [0.4, 0.5) is 4.39 Å². The van der Waals surface area contributed by atoms with E-state index >= 15 is 0 Å². The Hall–Kier alpha value is -0.670. The molecule has 1 aromatic rings. The summed E-state index contributed by atoms with van der Waals surface area (Å²) in [4.78, 5) is 0. The third-order valence-corrected chi connectivity index (χ3v) is 3.68. The van der Waals surface area contributed by atoms with Gasteiger partial charge in [0, 0.05) is 5.54 Å². The normalized spacial score (nSPS) is 12.8. The summed E-state index contributed by atoms with van der Waals surface area (Å²) in [6.07, 6.45) is 4.00. The highest BCUT2D eigenvalue weighted by Gasteiger charge is 2.07. The van der Waals surface area contributed by atoms with E-state index in [1.807, 2.05) is 6.07 Å². The van der Waals surface area contributed by atoms with Crippen LogP contribution in [0, 0.1) is 5.82 Å². The molecule has 0 amide bonds. The maximum atomic E-state index is 13.4. The number of hydrogen-bond acceptors (Lipinski definition) is 1. The summed E-state index contributed by atoms with van der Waals surface area (Å²) in [7, 11) is 0. The van der Waals surface area contributed by atoms with Crippen molar-refractivity contribution in [2.75, 3.05) is 6.54 Å². The zero-order valence-electron chi connectivity index (χ0n) is 12.2. The molecule has 0 saturated carbocycles. The molecule has 0 atom stereocenters. The maximum Gasteiger partial charge on any atom is 0.137 e. The van der Waals surface area contributed by atoms with Crippen molar-refractivity contribution in [2.45, 2.75) is 46.1 Å². The van der Waals surface area contributed by atoms with Crippen molar-refractivity contribution in [3.8, 4) is 0 Å². The molecule has 0 aliphatic carbocycles. The molecule has 0 fully saturated rings. The summed E-state index contributed by atoms with van der Waals surface area (Å²) in [5.74, 6) is -0.195. The van der Waals surface area contributed by atoms with Gasteiger partial charge in [0.25, 0.3) is 0 Å². The van der Waals surface area contributed by atoms with E-state index in [4.69, 9.17) is 0 Å². The van der Waals surface area contributed by atoms with E-state index in [2.05, 4.69) is 55.0 Å². The Balaban J connectivity index is 2.50. The SMILES string of the molecule is C/C(=C/CCNC(C)(C)C)Cc1cccc(F)c1Br. The molecular formula is C16H23BrFN. The second-order valence-electron chi connectivity index (χ2n) is 5.91. The van der Waals surface area contributed by atoms with Gasteiger partial charge in [0.1, 0.15) is 5.82 Å². The van der Waals surface area contributed by atoms with Crippen molar-refractivity contribution in [3.05, 3.63) is 45.7 Å². The molecule has 3 heteroatoms. The van der Waals surface area contributed by atoms with Crippen molar-refractivity contribution in [3.63, 3.8) is 0 Å². The molecule has 1 rings (SSSR count). The molecule has 1 nitrogen and oxygen atoms in total. The highest BCUT2D eigenvalue weighted by Crippen LogP contribution is 2.22. The Kier molecular flexibility index (Phi) is 6.21. The van der Waals surface area contributed by atoms with E-state index < -0.39 is 0 Å². The summed E-state index contributed by atoms with van der Waals surface area (Å²) in [6, 6.07) is 5.18. The first kappa shape index (κ1) is 16.4.